The Labute approximate surface area is 112 Å². The number of hydrogen-bond donors (Lipinski definition) is 1. The van der Waals surface area contributed by atoms with Crippen molar-refractivity contribution >= 4 is 17.5 Å². The highest BCUT2D eigenvalue weighted by molar-refractivity contribution is 6.30. The van der Waals surface area contributed by atoms with Gasteiger partial charge in [0.1, 0.15) is 0 Å². The number of aromatic nitrogens is 1. The zero-order chi connectivity index (χ0) is 12.8. The fourth-order valence-electron chi connectivity index (χ4n) is 2.06. The minimum absolute atomic E-state index is 0.123. The molecule has 1 aromatic heterocycles. The molecule has 1 N–H and O–H groups in total. The Morgan fingerprint density at radius 3 is 3.17 bits per heavy atom. The molecule has 1 fully saturated rings. The van der Waals surface area contributed by atoms with Crippen LogP contribution in [0.3, 0.4) is 0 Å². The van der Waals surface area contributed by atoms with E-state index in [9.17, 15) is 4.79 Å². The number of nitrogens with one attached hydrogen (secondary N) is 1. The summed E-state index contributed by atoms with van der Waals surface area (Å²) in [6.07, 6.45) is 6.30. The lowest BCUT2D eigenvalue weighted by Crippen LogP contribution is -2.28. The van der Waals surface area contributed by atoms with Crippen molar-refractivity contribution in [2.24, 2.45) is 5.92 Å². The molecule has 0 bridgehead atoms. The fraction of sp³-hybridized carbons (Fsp3) is 0.538. The minimum atomic E-state index is -0.123. The Hall–Kier alpha value is -1.13. The van der Waals surface area contributed by atoms with Crippen LogP contribution >= 0.6 is 11.6 Å². The highest BCUT2D eigenvalue weighted by Crippen LogP contribution is 2.16. The molecule has 0 aliphatic carbocycles. The van der Waals surface area contributed by atoms with E-state index >= 15 is 0 Å². The van der Waals surface area contributed by atoms with Crippen molar-refractivity contribution < 1.29 is 9.53 Å². The van der Waals surface area contributed by atoms with Gasteiger partial charge in [0.25, 0.3) is 5.91 Å². The van der Waals surface area contributed by atoms with Gasteiger partial charge in [-0.25, -0.2) is 0 Å². The number of carbonyl (C=O) groups is 1. The third kappa shape index (κ3) is 3.96. The molecule has 1 aromatic rings. The van der Waals surface area contributed by atoms with Gasteiger partial charge in [-0.3, -0.25) is 9.78 Å². The van der Waals surface area contributed by atoms with E-state index in [0.29, 0.717) is 23.0 Å². The summed E-state index contributed by atoms with van der Waals surface area (Å²) in [7, 11) is 0. The van der Waals surface area contributed by atoms with Crippen LogP contribution in [0.4, 0.5) is 0 Å². The molecule has 1 aliphatic rings. The lowest BCUT2D eigenvalue weighted by atomic mass is 9.99. The first kappa shape index (κ1) is 13.3. The van der Waals surface area contributed by atoms with Crippen LogP contribution in [-0.2, 0) is 4.74 Å². The molecule has 5 heteroatoms. The second-order valence-corrected chi connectivity index (χ2v) is 4.96. The first-order chi connectivity index (χ1) is 8.75. The molecule has 1 unspecified atom stereocenters. The van der Waals surface area contributed by atoms with E-state index in [-0.39, 0.29) is 5.91 Å². The monoisotopic (exact) mass is 268 g/mol. The SMILES string of the molecule is O=C(NCCC1CCCOC1)c1cncc(Cl)c1. The van der Waals surface area contributed by atoms with Crippen LogP contribution in [0.2, 0.25) is 5.02 Å². The fourth-order valence-corrected chi connectivity index (χ4v) is 2.24. The van der Waals surface area contributed by atoms with Gasteiger partial charge in [0.15, 0.2) is 0 Å². The molecular weight excluding hydrogens is 252 g/mol. The Bertz CT molecular complexity index is 406. The third-order valence-electron chi connectivity index (χ3n) is 3.06. The van der Waals surface area contributed by atoms with Crippen molar-refractivity contribution in [2.75, 3.05) is 19.8 Å². The highest BCUT2D eigenvalue weighted by Gasteiger charge is 2.14. The molecule has 2 heterocycles. The Morgan fingerprint density at radius 2 is 2.44 bits per heavy atom. The molecule has 0 saturated carbocycles. The molecule has 1 aliphatic heterocycles. The summed E-state index contributed by atoms with van der Waals surface area (Å²) in [5.41, 5.74) is 0.502. The summed E-state index contributed by atoms with van der Waals surface area (Å²) in [4.78, 5) is 15.7. The lowest BCUT2D eigenvalue weighted by molar-refractivity contribution is 0.0514. The van der Waals surface area contributed by atoms with Crippen LogP contribution in [0.25, 0.3) is 0 Å². The van der Waals surface area contributed by atoms with E-state index in [2.05, 4.69) is 10.3 Å². The zero-order valence-corrected chi connectivity index (χ0v) is 10.9. The van der Waals surface area contributed by atoms with Crippen LogP contribution in [0.1, 0.15) is 29.6 Å². The Morgan fingerprint density at radius 1 is 1.56 bits per heavy atom. The average molecular weight is 269 g/mol. The molecule has 1 amide bonds. The van der Waals surface area contributed by atoms with Gasteiger partial charge in [0, 0.05) is 32.2 Å². The van der Waals surface area contributed by atoms with Gasteiger partial charge in [-0.2, -0.15) is 0 Å². The van der Waals surface area contributed by atoms with E-state index in [1.165, 1.54) is 18.8 Å². The van der Waals surface area contributed by atoms with E-state index < -0.39 is 0 Å². The first-order valence-corrected chi connectivity index (χ1v) is 6.60. The maximum Gasteiger partial charge on any atom is 0.252 e. The van der Waals surface area contributed by atoms with Crippen molar-refractivity contribution in [1.29, 1.82) is 0 Å². The Balaban J connectivity index is 1.74. The van der Waals surface area contributed by atoms with Crippen LogP contribution in [0.15, 0.2) is 18.5 Å². The Kier molecular flexibility index (Phi) is 4.96. The normalized spacial score (nSPS) is 19.5. The molecule has 0 aromatic carbocycles. The van der Waals surface area contributed by atoms with Crippen LogP contribution in [0.5, 0.6) is 0 Å². The van der Waals surface area contributed by atoms with Gasteiger partial charge in [-0.05, 0) is 31.2 Å². The first-order valence-electron chi connectivity index (χ1n) is 6.22. The summed E-state index contributed by atoms with van der Waals surface area (Å²) in [5.74, 6) is 0.443. The predicted molar refractivity (Wildman–Crippen MR) is 69.7 cm³/mol. The van der Waals surface area contributed by atoms with Gasteiger partial charge in [0.2, 0.25) is 0 Å². The molecule has 98 valence electrons. The number of ether oxygens (including phenoxy) is 1. The molecule has 2 rings (SSSR count). The lowest BCUT2D eigenvalue weighted by Gasteiger charge is -2.21. The van der Waals surface area contributed by atoms with Crippen molar-refractivity contribution in [2.45, 2.75) is 19.3 Å². The highest BCUT2D eigenvalue weighted by atomic mass is 35.5. The zero-order valence-electron chi connectivity index (χ0n) is 10.2. The standard InChI is InChI=1S/C13H17ClN2O2/c14-12-6-11(7-15-8-12)13(17)16-4-3-10-2-1-5-18-9-10/h6-8,10H,1-5,9H2,(H,16,17). The number of nitrogens with zero attached hydrogens (tertiary/aromatic N) is 1. The van der Waals surface area contributed by atoms with E-state index in [0.717, 1.165) is 26.1 Å². The summed E-state index contributed by atoms with van der Waals surface area (Å²) >= 11 is 5.79. The summed E-state index contributed by atoms with van der Waals surface area (Å²) in [5, 5.41) is 3.36. The number of amides is 1. The number of hydrogen-bond acceptors (Lipinski definition) is 3. The van der Waals surface area contributed by atoms with Crippen molar-refractivity contribution in [1.82, 2.24) is 10.3 Å². The number of pyridine rings is 1. The van der Waals surface area contributed by atoms with Crippen molar-refractivity contribution in [3.8, 4) is 0 Å². The maximum absolute atomic E-state index is 11.8. The minimum Gasteiger partial charge on any atom is -0.381 e. The topological polar surface area (TPSA) is 51.2 Å². The van der Waals surface area contributed by atoms with E-state index in [1.54, 1.807) is 6.07 Å². The van der Waals surface area contributed by atoms with Crippen molar-refractivity contribution in [3.63, 3.8) is 0 Å². The summed E-state index contributed by atoms with van der Waals surface area (Å²) in [6, 6.07) is 1.62. The third-order valence-corrected chi connectivity index (χ3v) is 3.27. The van der Waals surface area contributed by atoms with Gasteiger partial charge >= 0.3 is 0 Å². The molecule has 1 saturated heterocycles. The quantitative estimate of drug-likeness (QED) is 0.911. The van der Waals surface area contributed by atoms with Gasteiger partial charge in [-0.15, -0.1) is 0 Å². The van der Waals surface area contributed by atoms with E-state index in [1.807, 2.05) is 0 Å². The van der Waals surface area contributed by atoms with Crippen LogP contribution < -0.4 is 5.32 Å². The van der Waals surface area contributed by atoms with Crippen LogP contribution in [-0.4, -0.2) is 30.6 Å². The van der Waals surface area contributed by atoms with Crippen molar-refractivity contribution in [3.05, 3.63) is 29.0 Å². The smallest absolute Gasteiger partial charge is 0.252 e. The largest absolute Gasteiger partial charge is 0.381 e. The molecule has 0 radical (unpaired) electrons. The maximum atomic E-state index is 11.8. The summed E-state index contributed by atoms with van der Waals surface area (Å²) in [6.45, 7) is 2.35. The van der Waals surface area contributed by atoms with Crippen LogP contribution in [0, 0.1) is 5.92 Å². The average Bonchev–Trinajstić information content (AvgIpc) is 2.40. The second kappa shape index (κ2) is 6.71. The van der Waals surface area contributed by atoms with Gasteiger partial charge in [0.05, 0.1) is 10.6 Å². The molecule has 0 spiro atoms. The molecule has 1 atom stereocenters. The number of halogens is 1. The number of carbonyl (C=O) groups excluding carboxylic acids is 1. The predicted octanol–water partition coefficient (Wildman–Crippen LogP) is 2.28. The number of rotatable bonds is 4. The van der Waals surface area contributed by atoms with Gasteiger partial charge in [-0.1, -0.05) is 11.6 Å². The molecule has 4 nitrogen and oxygen atoms in total. The van der Waals surface area contributed by atoms with Gasteiger partial charge < -0.3 is 10.1 Å². The molecular formula is C13H17ClN2O2. The summed E-state index contributed by atoms with van der Waals surface area (Å²) < 4.78 is 5.40. The second-order valence-electron chi connectivity index (χ2n) is 4.52. The molecule has 18 heavy (non-hydrogen) atoms. The van der Waals surface area contributed by atoms with E-state index in [4.69, 9.17) is 16.3 Å².